The van der Waals surface area contributed by atoms with Crippen LogP contribution in [0.2, 0.25) is 0 Å². The molecule has 0 N–H and O–H groups in total. The van der Waals surface area contributed by atoms with Gasteiger partial charge in [-0.3, -0.25) is 4.79 Å². The predicted octanol–water partition coefficient (Wildman–Crippen LogP) is 7.56. The van der Waals surface area contributed by atoms with Crippen molar-refractivity contribution in [3.8, 4) is 17.2 Å². The highest BCUT2D eigenvalue weighted by atomic mass is 16.5. The van der Waals surface area contributed by atoms with Crippen molar-refractivity contribution in [3.05, 3.63) is 131 Å². The van der Waals surface area contributed by atoms with Gasteiger partial charge in [0.2, 0.25) is 5.75 Å². The van der Waals surface area contributed by atoms with Gasteiger partial charge in [0, 0.05) is 38.2 Å². The number of methoxy groups -OCH3 is 3. The van der Waals surface area contributed by atoms with Crippen LogP contribution in [-0.2, 0) is 0 Å². The highest BCUT2D eigenvalue weighted by Crippen LogP contribution is 2.39. The molecule has 1 atom stereocenters. The minimum atomic E-state index is -0.0858. The van der Waals surface area contributed by atoms with E-state index >= 15 is 0 Å². The molecule has 0 spiro atoms. The first kappa shape index (κ1) is 31.9. The first-order chi connectivity index (χ1) is 22.0. The maximum atomic E-state index is 13.6. The highest BCUT2D eigenvalue weighted by molar-refractivity contribution is 5.95. The number of likely N-dealkylation sites (tertiary alicyclic amines) is 1. The van der Waals surface area contributed by atoms with Crippen LogP contribution in [0, 0.1) is 0 Å². The van der Waals surface area contributed by atoms with E-state index in [2.05, 4.69) is 89.8 Å². The summed E-state index contributed by atoms with van der Waals surface area (Å²) in [7, 11) is 6.55. The van der Waals surface area contributed by atoms with Gasteiger partial charge in [0.05, 0.1) is 21.3 Å². The third-order valence-electron chi connectivity index (χ3n) is 8.76. The lowest BCUT2D eigenvalue weighted by atomic mass is 9.88. The van der Waals surface area contributed by atoms with Crippen molar-refractivity contribution in [2.45, 2.75) is 25.2 Å². The molecule has 0 saturated carbocycles. The SMILES string of the molecule is COc1cc(C(=O)N(C)CC(CCN2CCC(=C(c3ccccc3)c3ccccc3)CC2)c2ccccc2)cc(OC)c1OC. The van der Waals surface area contributed by atoms with E-state index in [1.54, 1.807) is 38.4 Å². The number of hydrogen-bond acceptors (Lipinski definition) is 5. The maximum Gasteiger partial charge on any atom is 0.253 e. The molecule has 0 aliphatic carbocycles. The molecule has 6 heteroatoms. The lowest BCUT2D eigenvalue weighted by Gasteiger charge is -2.32. The molecule has 1 saturated heterocycles. The number of rotatable bonds is 12. The fourth-order valence-corrected chi connectivity index (χ4v) is 6.35. The Morgan fingerprint density at radius 3 is 1.73 bits per heavy atom. The van der Waals surface area contributed by atoms with Crippen molar-refractivity contribution in [2.75, 3.05) is 54.6 Å². The molecular weight excluding hydrogens is 560 g/mol. The summed E-state index contributed by atoms with van der Waals surface area (Å²) in [4.78, 5) is 18.0. The monoisotopic (exact) mass is 604 g/mol. The zero-order chi connectivity index (χ0) is 31.6. The highest BCUT2D eigenvalue weighted by Gasteiger charge is 2.24. The van der Waals surface area contributed by atoms with Gasteiger partial charge in [0.15, 0.2) is 11.5 Å². The van der Waals surface area contributed by atoms with Gasteiger partial charge in [-0.1, -0.05) is 96.6 Å². The summed E-state index contributed by atoms with van der Waals surface area (Å²) in [6.45, 7) is 3.64. The van der Waals surface area contributed by atoms with E-state index in [1.807, 2.05) is 13.1 Å². The lowest BCUT2D eigenvalue weighted by molar-refractivity contribution is 0.0781. The van der Waals surface area contributed by atoms with Crippen LogP contribution in [0.5, 0.6) is 17.2 Å². The maximum absolute atomic E-state index is 13.6. The first-order valence-corrected chi connectivity index (χ1v) is 15.7. The summed E-state index contributed by atoms with van der Waals surface area (Å²) in [5.41, 5.74) is 7.23. The van der Waals surface area contributed by atoms with Crippen molar-refractivity contribution < 1.29 is 19.0 Å². The van der Waals surface area contributed by atoms with Crippen LogP contribution >= 0.6 is 0 Å². The molecule has 0 radical (unpaired) electrons. The van der Waals surface area contributed by atoms with Gasteiger partial charge in [0.25, 0.3) is 5.91 Å². The minimum absolute atomic E-state index is 0.0858. The van der Waals surface area contributed by atoms with Gasteiger partial charge >= 0.3 is 0 Å². The van der Waals surface area contributed by atoms with Crippen LogP contribution in [0.4, 0.5) is 0 Å². The van der Waals surface area contributed by atoms with E-state index in [4.69, 9.17) is 14.2 Å². The van der Waals surface area contributed by atoms with Crippen LogP contribution in [-0.4, -0.2) is 70.3 Å². The molecule has 1 heterocycles. The number of piperidine rings is 1. The molecule has 0 aromatic heterocycles. The Balaban J connectivity index is 1.28. The van der Waals surface area contributed by atoms with Crippen LogP contribution in [0.15, 0.2) is 109 Å². The second-order valence-electron chi connectivity index (χ2n) is 11.5. The number of hydrogen-bond donors (Lipinski definition) is 0. The Hall–Kier alpha value is -4.55. The van der Waals surface area contributed by atoms with Gasteiger partial charge in [-0.2, -0.15) is 0 Å². The van der Waals surface area contributed by atoms with Crippen molar-refractivity contribution in [1.82, 2.24) is 9.80 Å². The topological polar surface area (TPSA) is 51.2 Å². The van der Waals surface area contributed by atoms with Crippen molar-refractivity contribution >= 4 is 11.5 Å². The normalized spacial score (nSPS) is 14.0. The number of nitrogens with zero attached hydrogens (tertiary/aromatic N) is 2. The molecule has 5 rings (SSSR count). The Morgan fingerprint density at radius 1 is 0.733 bits per heavy atom. The van der Waals surface area contributed by atoms with Gasteiger partial charge < -0.3 is 24.0 Å². The van der Waals surface area contributed by atoms with Crippen LogP contribution in [0.25, 0.3) is 5.57 Å². The quantitative estimate of drug-likeness (QED) is 0.167. The average molecular weight is 605 g/mol. The van der Waals surface area contributed by atoms with E-state index in [9.17, 15) is 4.79 Å². The Labute approximate surface area is 267 Å². The van der Waals surface area contributed by atoms with E-state index in [0.29, 0.717) is 29.4 Å². The number of likely N-dealkylation sites (N-methyl/N-ethyl adjacent to an activating group) is 1. The number of carbonyl (C=O) groups excluding carboxylic acids is 1. The minimum Gasteiger partial charge on any atom is -0.493 e. The molecule has 1 aliphatic heterocycles. The molecule has 1 amide bonds. The summed E-state index contributed by atoms with van der Waals surface area (Å²) >= 11 is 0. The molecule has 6 nitrogen and oxygen atoms in total. The summed E-state index contributed by atoms with van der Waals surface area (Å²) < 4.78 is 16.4. The molecule has 234 valence electrons. The standard InChI is InChI=1S/C39H44N2O4/c1-40(39(42)34-26-35(43-2)38(45-4)36(27-34)44-3)28-33(29-14-8-5-9-15-29)22-25-41-23-20-32(21-24-41)37(30-16-10-6-11-17-30)31-18-12-7-13-19-31/h5-19,26-27,33H,20-25,28H2,1-4H3. The largest absolute Gasteiger partial charge is 0.493 e. The van der Waals surface area contributed by atoms with Gasteiger partial charge in [0.1, 0.15) is 0 Å². The molecule has 1 unspecified atom stereocenters. The summed E-state index contributed by atoms with van der Waals surface area (Å²) in [6.07, 6.45) is 3.06. The van der Waals surface area contributed by atoms with Gasteiger partial charge in [-0.15, -0.1) is 0 Å². The molecular formula is C39H44N2O4. The van der Waals surface area contributed by atoms with E-state index in [0.717, 1.165) is 38.9 Å². The van der Waals surface area contributed by atoms with E-state index in [-0.39, 0.29) is 11.8 Å². The molecule has 0 bridgehead atoms. The fraction of sp³-hybridized carbons (Fsp3) is 0.308. The molecule has 45 heavy (non-hydrogen) atoms. The Bertz CT molecular complexity index is 1490. The molecule has 1 fully saturated rings. The molecule has 4 aromatic rings. The Kier molecular flexibility index (Phi) is 10.9. The van der Waals surface area contributed by atoms with Crippen molar-refractivity contribution in [2.24, 2.45) is 0 Å². The number of ether oxygens (including phenoxy) is 3. The molecule has 1 aliphatic rings. The number of carbonyl (C=O) groups is 1. The van der Waals surface area contributed by atoms with Crippen LogP contribution in [0.3, 0.4) is 0 Å². The van der Waals surface area contributed by atoms with E-state index < -0.39 is 0 Å². The zero-order valence-corrected chi connectivity index (χ0v) is 26.9. The number of benzene rings is 4. The summed E-state index contributed by atoms with van der Waals surface area (Å²) in [6, 6.07) is 35.5. The summed E-state index contributed by atoms with van der Waals surface area (Å²) in [5, 5.41) is 0. The number of amides is 1. The zero-order valence-electron chi connectivity index (χ0n) is 26.9. The lowest BCUT2D eigenvalue weighted by Crippen LogP contribution is -2.35. The van der Waals surface area contributed by atoms with Crippen LogP contribution in [0.1, 0.15) is 52.2 Å². The van der Waals surface area contributed by atoms with Gasteiger partial charge in [-0.25, -0.2) is 0 Å². The third-order valence-corrected chi connectivity index (χ3v) is 8.76. The van der Waals surface area contributed by atoms with E-state index in [1.165, 1.54) is 27.8 Å². The van der Waals surface area contributed by atoms with Crippen LogP contribution < -0.4 is 14.2 Å². The smallest absolute Gasteiger partial charge is 0.253 e. The average Bonchev–Trinajstić information content (AvgIpc) is 3.10. The fourth-order valence-electron chi connectivity index (χ4n) is 6.35. The predicted molar refractivity (Wildman–Crippen MR) is 181 cm³/mol. The molecule has 4 aromatic carbocycles. The Morgan fingerprint density at radius 2 is 1.24 bits per heavy atom. The summed E-state index contributed by atoms with van der Waals surface area (Å²) in [5.74, 6) is 1.52. The first-order valence-electron chi connectivity index (χ1n) is 15.7. The van der Waals surface area contributed by atoms with Gasteiger partial charge in [-0.05, 0) is 60.2 Å². The van der Waals surface area contributed by atoms with Crippen molar-refractivity contribution in [1.29, 1.82) is 0 Å². The second kappa shape index (κ2) is 15.4. The second-order valence-corrected chi connectivity index (χ2v) is 11.5. The third kappa shape index (κ3) is 7.76. The van der Waals surface area contributed by atoms with Crippen molar-refractivity contribution in [3.63, 3.8) is 0 Å².